The standard InChI is InChI=1S/C46H30O/c1-2-13-30-26-32(25-24-29(30)12-1)31-14-11-15-33(27-31)44-36-18-4-6-20-38(36)45(39-21-7-5-19-37(39)44)41-28-42-35-17-9-10-23-43(35)47-46(42)40-22-8-3-16-34(40)41/h1-8,10-16,18-28H,9,17H2. The maximum atomic E-state index is 6.53. The van der Waals surface area contributed by atoms with Crippen molar-refractivity contribution < 1.29 is 4.42 Å². The van der Waals surface area contributed by atoms with Crippen LogP contribution in [0.2, 0.25) is 0 Å². The van der Waals surface area contributed by atoms with E-state index < -0.39 is 0 Å². The highest BCUT2D eigenvalue weighted by Crippen LogP contribution is 2.48. The molecule has 9 aromatic rings. The molecular formula is C46H30O. The van der Waals surface area contributed by atoms with Crippen molar-refractivity contribution in [2.24, 2.45) is 0 Å². The van der Waals surface area contributed by atoms with Gasteiger partial charge in [0.05, 0.1) is 0 Å². The van der Waals surface area contributed by atoms with Gasteiger partial charge in [-0.05, 0) is 108 Å². The third-order valence-corrected chi connectivity index (χ3v) is 10.1. The molecule has 220 valence electrons. The Hall–Kier alpha value is -5.92. The van der Waals surface area contributed by atoms with E-state index >= 15 is 0 Å². The quantitative estimate of drug-likeness (QED) is 0.184. The van der Waals surface area contributed by atoms with Crippen LogP contribution in [0.4, 0.5) is 0 Å². The molecule has 0 fully saturated rings. The van der Waals surface area contributed by atoms with Crippen LogP contribution in [0.25, 0.3) is 93.5 Å². The van der Waals surface area contributed by atoms with Gasteiger partial charge in [-0.3, -0.25) is 0 Å². The molecular weight excluding hydrogens is 569 g/mol. The molecule has 0 spiro atoms. The van der Waals surface area contributed by atoms with E-state index in [9.17, 15) is 0 Å². The van der Waals surface area contributed by atoms with E-state index in [4.69, 9.17) is 4.42 Å². The molecule has 1 aliphatic rings. The number of hydrogen-bond donors (Lipinski definition) is 0. The Kier molecular flexibility index (Phi) is 5.77. The summed E-state index contributed by atoms with van der Waals surface area (Å²) in [5.41, 5.74) is 9.82. The van der Waals surface area contributed by atoms with Crippen LogP contribution >= 0.6 is 0 Å². The first kappa shape index (κ1) is 26.3. The van der Waals surface area contributed by atoms with Gasteiger partial charge in [0.2, 0.25) is 0 Å². The molecule has 1 nitrogen and oxygen atoms in total. The van der Waals surface area contributed by atoms with Gasteiger partial charge in [0, 0.05) is 16.3 Å². The zero-order chi connectivity index (χ0) is 30.9. The summed E-state index contributed by atoms with van der Waals surface area (Å²) in [6, 6.07) is 53.5. The van der Waals surface area contributed by atoms with Gasteiger partial charge >= 0.3 is 0 Å². The van der Waals surface area contributed by atoms with Crippen molar-refractivity contribution in [2.75, 3.05) is 0 Å². The minimum absolute atomic E-state index is 0.997. The first-order valence-electron chi connectivity index (χ1n) is 16.5. The third kappa shape index (κ3) is 4.03. The highest BCUT2D eigenvalue weighted by Gasteiger charge is 2.22. The van der Waals surface area contributed by atoms with E-state index in [1.54, 1.807) is 0 Å². The minimum Gasteiger partial charge on any atom is -0.456 e. The number of allylic oxidation sites excluding steroid dienone is 1. The monoisotopic (exact) mass is 598 g/mol. The second-order valence-electron chi connectivity index (χ2n) is 12.7. The van der Waals surface area contributed by atoms with E-state index in [0.29, 0.717) is 0 Å². The Labute approximate surface area is 273 Å². The summed E-state index contributed by atoms with van der Waals surface area (Å²) >= 11 is 0. The van der Waals surface area contributed by atoms with Gasteiger partial charge in [-0.1, -0.05) is 133 Å². The van der Waals surface area contributed by atoms with Crippen LogP contribution in [0.5, 0.6) is 0 Å². The number of furan rings is 1. The Morgan fingerprint density at radius 3 is 1.81 bits per heavy atom. The Bertz CT molecular complexity index is 2680. The molecule has 0 unspecified atom stereocenters. The number of fused-ring (bicyclic) bond motifs is 8. The van der Waals surface area contributed by atoms with Crippen molar-refractivity contribution in [3.8, 4) is 33.4 Å². The average molecular weight is 599 g/mol. The van der Waals surface area contributed by atoms with E-state index in [0.717, 1.165) is 24.2 Å². The topological polar surface area (TPSA) is 13.1 Å². The fourth-order valence-electron chi connectivity index (χ4n) is 7.96. The van der Waals surface area contributed by atoms with Crippen molar-refractivity contribution in [3.63, 3.8) is 0 Å². The molecule has 0 saturated heterocycles. The van der Waals surface area contributed by atoms with Crippen LogP contribution in [0.3, 0.4) is 0 Å². The Morgan fingerprint density at radius 1 is 0.426 bits per heavy atom. The van der Waals surface area contributed by atoms with Crippen molar-refractivity contribution >= 4 is 60.1 Å². The summed E-state index contributed by atoms with van der Waals surface area (Å²) in [4.78, 5) is 0. The van der Waals surface area contributed by atoms with Crippen LogP contribution < -0.4 is 0 Å². The van der Waals surface area contributed by atoms with Crippen LogP contribution in [0, 0.1) is 0 Å². The predicted octanol–water partition coefficient (Wildman–Crippen LogP) is 13.0. The summed E-state index contributed by atoms with van der Waals surface area (Å²) in [6.45, 7) is 0. The highest BCUT2D eigenvalue weighted by molar-refractivity contribution is 6.25. The van der Waals surface area contributed by atoms with Crippen molar-refractivity contribution in [3.05, 3.63) is 163 Å². The number of benzene rings is 8. The smallest absolute Gasteiger partial charge is 0.142 e. The lowest BCUT2D eigenvalue weighted by molar-refractivity contribution is 0.598. The molecule has 1 aromatic heterocycles. The third-order valence-electron chi connectivity index (χ3n) is 10.1. The maximum Gasteiger partial charge on any atom is 0.142 e. The summed E-state index contributed by atoms with van der Waals surface area (Å²) in [6.07, 6.45) is 6.43. The molecule has 1 aliphatic carbocycles. The molecule has 0 aliphatic heterocycles. The molecule has 10 rings (SSSR count). The first-order valence-corrected chi connectivity index (χ1v) is 16.5. The highest BCUT2D eigenvalue weighted by atomic mass is 16.3. The lowest BCUT2D eigenvalue weighted by Crippen LogP contribution is -1.93. The first-order chi connectivity index (χ1) is 23.3. The predicted molar refractivity (Wildman–Crippen MR) is 200 cm³/mol. The summed E-state index contributed by atoms with van der Waals surface area (Å²) in [7, 11) is 0. The Balaban J connectivity index is 1.27. The lowest BCUT2D eigenvalue weighted by atomic mass is 9.83. The van der Waals surface area contributed by atoms with Gasteiger partial charge < -0.3 is 4.42 Å². The molecule has 0 saturated carbocycles. The second kappa shape index (κ2) is 10.3. The fraction of sp³-hybridized carbons (Fsp3) is 0.0435. The molecule has 0 amide bonds. The molecule has 0 N–H and O–H groups in total. The zero-order valence-electron chi connectivity index (χ0n) is 25.8. The van der Waals surface area contributed by atoms with Crippen molar-refractivity contribution in [1.29, 1.82) is 0 Å². The molecule has 0 bridgehead atoms. The van der Waals surface area contributed by atoms with E-state index in [2.05, 4.69) is 158 Å². The van der Waals surface area contributed by atoms with Gasteiger partial charge in [-0.15, -0.1) is 0 Å². The number of rotatable bonds is 3. The van der Waals surface area contributed by atoms with Gasteiger partial charge in [0.25, 0.3) is 0 Å². The molecule has 47 heavy (non-hydrogen) atoms. The van der Waals surface area contributed by atoms with Gasteiger partial charge in [0.15, 0.2) is 0 Å². The SMILES string of the molecule is C1=Cc2oc3c(cc(-c4c5ccccc5c(-c5cccc(-c6ccc7ccccc7c6)c5)c5ccccc45)c4ccccc43)c2CC1. The van der Waals surface area contributed by atoms with Crippen LogP contribution in [0.15, 0.2) is 156 Å². The van der Waals surface area contributed by atoms with Crippen molar-refractivity contribution in [2.45, 2.75) is 12.8 Å². The maximum absolute atomic E-state index is 6.53. The fourth-order valence-corrected chi connectivity index (χ4v) is 7.96. The van der Waals surface area contributed by atoms with Gasteiger partial charge in [-0.2, -0.15) is 0 Å². The van der Waals surface area contributed by atoms with Gasteiger partial charge in [-0.25, -0.2) is 0 Å². The molecule has 0 atom stereocenters. The van der Waals surface area contributed by atoms with Gasteiger partial charge in [0.1, 0.15) is 11.3 Å². The van der Waals surface area contributed by atoms with Crippen LogP contribution in [-0.2, 0) is 6.42 Å². The normalized spacial score (nSPS) is 12.9. The van der Waals surface area contributed by atoms with E-state index in [1.165, 1.54) is 87.4 Å². The largest absolute Gasteiger partial charge is 0.456 e. The van der Waals surface area contributed by atoms with E-state index in [-0.39, 0.29) is 0 Å². The molecule has 1 heterocycles. The molecule has 0 radical (unpaired) electrons. The lowest BCUT2D eigenvalue weighted by Gasteiger charge is -2.19. The van der Waals surface area contributed by atoms with Crippen LogP contribution in [-0.4, -0.2) is 0 Å². The van der Waals surface area contributed by atoms with E-state index in [1.807, 2.05) is 0 Å². The van der Waals surface area contributed by atoms with Crippen LogP contribution in [0.1, 0.15) is 17.7 Å². The second-order valence-corrected chi connectivity index (χ2v) is 12.7. The summed E-state index contributed by atoms with van der Waals surface area (Å²) < 4.78 is 6.53. The molecule has 8 aromatic carbocycles. The molecule has 1 heteroatoms. The number of hydrogen-bond acceptors (Lipinski definition) is 1. The summed E-state index contributed by atoms with van der Waals surface area (Å²) in [5.74, 6) is 1.00. The summed E-state index contributed by atoms with van der Waals surface area (Å²) in [5, 5.41) is 11.2. The zero-order valence-corrected chi connectivity index (χ0v) is 25.8. The average Bonchev–Trinajstić information content (AvgIpc) is 3.52. The van der Waals surface area contributed by atoms with Crippen molar-refractivity contribution in [1.82, 2.24) is 0 Å². The Morgan fingerprint density at radius 2 is 1.04 bits per heavy atom. The minimum atomic E-state index is 0.997. The number of aryl methyl sites for hydroxylation is 1.